The van der Waals surface area contributed by atoms with Gasteiger partial charge < -0.3 is 15.2 Å². The van der Waals surface area contributed by atoms with E-state index in [1.165, 1.54) is 4.90 Å². The Kier molecular flexibility index (Phi) is 4.40. The van der Waals surface area contributed by atoms with Crippen molar-refractivity contribution >= 4 is 19.0 Å². The third kappa shape index (κ3) is 3.06. The van der Waals surface area contributed by atoms with Gasteiger partial charge >= 0.3 is 13.1 Å². The first-order valence-corrected chi connectivity index (χ1v) is 8.44. The summed E-state index contributed by atoms with van der Waals surface area (Å²) >= 11 is 0. The lowest BCUT2D eigenvalue weighted by atomic mass is 9.78. The Labute approximate surface area is 143 Å². The number of nitrogens with one attached hydrogen (secondary N) is 1. The van der Waals surface area contributed by atoms with E-state index >= 15 is 0 Å². The Morgan fingerprint density at radius 1 is 1.17 bits per heavy atom. The number of amides is 3. The quantitative estimate of drug-likeness (QED) is 0.648. The predicted molar refractivity (Wildman–Crippen MR) is 92.4 cm³/mol. The van der Waals surface area contributed by atoms with Crippen LogP contribution in [0.2, 0.25) is 6.82 Å². The molecule has 0 aliphatic carbocycles. The van der Waals surface area contributed by atoms with Gasteiger partial charge in [-0.25, -0.2) is 4.79 Å². The molecule has 7 heteroatoms. The summed E-state index contributed by atoms with van der Waals surface area (Å²) in [5.74, 6) is -0.142. The molecule has 24 heavy (non-hydrogen) atoms. The van der Waals surface area contributed by atoms with E-state index in [2.05, 4.69) is 11.4 Å². The van der Waals surface area contributed by atoms with Crippen LogP contribution in [0.4, 0.5) is 4.79 Å². The average Bonchev–Trinajstić information content (AvgIpc) is 2.71. The number of urea groups is 1. The van der Waals surface area contributed by atoms with E-state index in [0.717, 1.165) is 16.7 Å². The smallest absolute Gasteiger partial charge is 0.376 e. The molecule has 1 spiro atoms. The molecule has 0 saturated carbocycles. The van der Waals surface area contributed by atoms with Gasteiger partial charge in [-0.15, -0.1) is 0 Å². The number of carbonyl (C=O) groups excluding carboxylic acids is 2. The minimum Gasteiger partial charge on any atom is -0.437 e. The van der Waals surface area contributed by atoms with Crippen LogP contribution in [0.1, 0.15) is 29.5 Å². The molecule has 2 fully saturated rings. The fourth-order valence-corrected chi connectivity index (χ4v) is 3.78. The summed E-state index contributed by atoms with van der Waals surface area (Å²) in [6.07, 6.45) is 1.07. The van der Waals surface area contributed by atoms with Gasteiger partial charge in [0, 0.05) is 0 Å². The van der Waals surface area contributed by atoms with Crippen LogP contribution in [0.3, 0.4) is 0 Å². The summed E-state index contributed by atoms with van der Waals surface area (Å²) in [7, 11) is -0.527. The highest BCUT2D eigenvalue weighted by Crippen LogP contribution is 2.30. The minimum atomic E-state index is -0.804. The molecule has 0 radical (unpaired) electrons. The molecular weight excluding hydrogens is 305 g/mol. The fraction of sp³-hybridized carbons (Fsp3) is 0.529. The first kappa shape index (κ1) is 17.0. The van der Waals surface area contributed by atoms with Crippen molar-refractivity contribution in [1.82, 2.24) is 15.0 Å². The molecule has 1 aromatic rings. The van der Waals surface area contributed by atoms with Crippen LogP contribution in [-0.2, 0) is 11.3 Å². The first-order valence-electron chi connectivity index (χ1n) is 8.44. The molecule has 1 aromatic carbocycles. The van der Waals surface area contributed by atoms with E-state index in [4.69, 9.17) is 0 Å². The van der Waals surface area contributed by atoms with E-state index in [9.17, 15) is 14.6 Å². The lowest BCUT2D eigenvalue weighted by molar-refractivity contribution is -0.133. The maximum Gasteiger partial charge on any atom is 0.376 e. The summed E-state index contributed by atoms with van der Waals surface area (Å²) in [5, 5.41) is 12.6. The maximum absolute atomic E-state index is 12.9. The molecule has 2 aliphatic heterocycles. The van der Waals surface area contributed by atoms with Gasteiger partial charge in [-0.2, -0.15) is 0 Å². The third-order valence-electron chi connectivity index (χ3n) is 5.05. The Hall–Kier alpha value is -1.86. The van der Waals surface area contributed by atoms with Crippen LogP contribution in [-0.4, -0.2) is 52.4 Å². The zero-order valence-electron chi connectivity index (χ0n) is 14.5. The zero-order chi connectivity index (χ0) is 17.5. The summed E-state index contributed by atoms with van der Waals surface area (Å²) in [6, 6.07) is 5.77. The second-order valence-corrected chi connectivity index (χ2v) is 7.07. The number of carbonyl (C=O) groups is 2. The van der Waals surface area contributed by atoms with Gasteiger partial charge in [0.25, 0.3) is 5.91 Å². The Morgan fingerprint density at radius 3 is 2.29 bits per heavy atom. The topological polar surface area (TPSA) is 72.9 Å². The van der Waals surface area contributed by atoms with Crippen molar-refractivity contribution in [3.05, 3.63) is 34.9 Å². The van der Waals surface area contributed by atoms with Crippen molar-refractivity contribution in [1.29, 1.82) is 0 Å². The fourth-order valence-electron chi connectivity index (χ4n) is 3.78. The molecular formula is C17H24BN3O3. The highest BCUT2D eigenvalue weighted by Gasteiger charge is 2.52. The number of rotatable bonds is 3. The number of hydrogen-bond acceptors (Lipinski definition) is 4. The molecule has 2 aliphatic rings. The molecule has 2 saturated heterocycles. The molecule has 3 rings (SSSR count). The van der Waals surface area contributed by atoms with Crippen LogP contribution >= 0.6 is 0 Å². The number of piperidine rings is 1. The summed E-state index contributed by atoms with van der Waals surface area (Å²) in [4.78, 5) is 28.5. The summed E-state index contributed by atoms with van der Waals surface area (Å²) < 4.78 is 0. The molecule has 0 unspecified atom stereocenters. The van der Waals surface area contributed by atoms with E-state index in [0.29, 0.717) is 32.5 Å². The van der Waals surface area contributed by atoms with Crippen LogP contribution in [0.15, 0.2) is 18.2 Å². The molecule has 2 N–H and O–H groups in total. The number of nitrogens with zero attached hydrogens (tertiary/aromatic N) is 2. The first-order chi connectivity index (χ1) is 11.3. The maximum atomic E-state index is 12.9. The van der Waals surface area contributed by atoms with Crippen molar-refractivity contribution in [2.24, 2.45) is 0 Å². The monoisotopic (exact) mass is 329 g/mol. The van der Waals surface area contributed by atoms with Gasteiger partial charge in [0.05, 0.1) is 6.54 Å². The highest BCUT2D eigenvalue weighted by molar-refractivity contribution is 6.45. The molecule has 0 atom stereocenters. The Bertz CT molecular complexity index is 649. The van der Waals surface area contributed by atoms with Crippen LogP contribution in [0.5, 0.6) is 0 Å². The molecule has 0 bridgehead atoms. The van der Waals surface area contributed by atoms with Gasteiger partial charge in [-0.3, -0.25) is 9.69 Å². The van der Waals surface area contributed by atoms with Gasteiger partial charge in [0.1, 0.15) is 5.54 Å². The number of hydrogen-bond donors (Lipinski definition) is 2. The zero-order valence-corrected chi connectivity index (χ0v) is 14.5. The van der Waals surface area contributed by atoms with E-state index in [-0.39, 0.29) is 11.9 Å². The van der Waals surface area contributed by atoms with Crippen molar-refractivity contribution in [3.63, 3.8) is 0 Å². The second-order valence-electron chi connectivity index (χ2n) is 7.07. The van der Waals surface area contributed by atoms with Crippen molar-refractivity contribution < 1.29 is 14.6 Å². The Balaban J connectivity index is 1.75. The molecule has 2 heterocycles. The van der Waals surface area contributed by atoms with E-state index < -0.39 is 12.6 Å². The van der Waals surface area contributed by atoms with Crippen molar-refractivity contribution in [2.45, 2.75) is 45.6 Å². The number of aryl methyl sites for hydroxylation is 2. The number of imide groups is 1. The standard InChI is InChI=1S/C17H24BN3O3/c1-12-8-13(2)10-14(9-12)11-21-15(22)17(19-16(21)23)4-6-20(7-5-17)18(3)24/h8-10,24H,4-7,11H2,1-3H3,(H,19,23). The minimum absolute atomic E-state index is 0.142. The highest BCUT2D eigenvalue weighted by atomic mass is 16.2. The molecule has 128 valence electrons. The van der Waals surface area contributed by atoms with Gasteiger partial charge in [-0.05, 0) is 52.2 Å². The predicted octanol–water partition coefficient (Wildman–Crippen LogP) is 1.30. The van der Waals surface area contributed by atoms with Gasteiger partial charge in [0.2, 0.25) is 0 Å². The lowest BCUT2D eigenvalue weighted by Crippen LogP contribution is -2.57. The normalized spacial score (nSPS) is 20.6. The van der Waals surface area contributed by atoms with Gasteiger partial charge in [-0.1, -0.05) is 29.3 Å². The van der Waals surface area contributed by atoms with E-state index in [1.54, 1.807) is 6.82 Å². The van der Waals surface area contributed by atoms with Crippen LogP contribution in [0.25, 0.3) is 0 Å². The lowest BCUT2D eigenvalue weighted by Gasteiger charge is -2.37. The van der Waals surface area contributed by atoms with E-state index in [1.807, 2.05) is 30.8 Å². The summed E-state index contributed by atoms with van der Waals surface area (Å²) in [5.41, 5.74) is 2.41. The number of benzene rings is 1. The van der Waals surface area contributed by atoms with Gasteiger partial charge in [0.15, 0.2) is 0 Å². The molecule has 3 amide bonds. The SMILES string of the molecule is CB(O)N1CCC2(CC1)NC(=O)N(Cc1cc(C)cc(C)c1)C2=O. The summed E-state index contributed by atoms with van der Waals surface area (Å²) in [6.45, 7) is 7.24. The third-order valence-corrected chi connectivity index (χ3v) is 5.05. The van der Waals surface area contributed by atoms with Crippen LogP contribution < -0.4 is 5.32 Å². The Morgan fingerprint density at radius 2 is 1.75 bits per heavy atom. The molecule has 0 aromatic heterocycles. The average molecular weight is 329 g/mol. The van der Waals surface area contributed by atoms with Crippen molar-refractivity contribution in [2.75, 3.05) is 13.1 Å². The largest absolute Gasteiger partial charge is 0.437 e. The van der Waals surface area contributed by atoms with Crippen molar-refractivity contribution in [3.8, 4) is 0 Å². The second kappa shape index (κ2) is 6.22. The van der Waals surface area contributed by atoms with Crippen LogP contribution in [0, 0.1) is 13.8 Å². The molecule has 6 nitrogen and oxygen atoms in total.